The molecule has 53 heavy (non-hydrogen) atoms. The highest BCUT2D eigenvalue weighted by Gasteiger charge is 2.36. The molecule has 1 heterocycles. The van der Waals surface area contributed by atoms with Gasteiger partial charge in [0.15, 0.2) is 6.10 Å². The lowest BCUT2D eigenvalue weighted by Gasteiger charge is -2.18. The molecule has 3 atom stereocenters. The first-order valence-electron chi connectivity index (χ1n) is 21.4. The van der Waals surface area contributed by atoms with Crippen LogP contribution in [0.3, 0.4) is 0 Å². The highest BCUT2D eigenvalue weighted by atomic mass is 31.2. The van der Waals surface area contributed by atoms with E-state index in [-0.39, 0.29) is 19.4 Å². The Balaban J connectivity index is 2.05. The zero-order valence-electron chi connectivity index (χ0n) is 33.6. The molecule has 9 nitrogen and oxygen atoms in total. The van der Waals surface area contributed by atoms with E-state index in [1.807, 2.05) is 0 Å². The van der Waals surface area contributed by atoms with Crippen molar-refractivity contribution in [3.63, 3.8) is 0 Å². The fourth-order valence-electron chi connectivity index (χ4n) is 6.23. The molecule has 308 valence electrons. The van der Waals surface area contributed by atoms with Gasteiger partial charge in [0.05, 0.1) is 18.8 Å². The van der Waals surface area contributed by atoms with E-state index in [1.54, 1.807) is 0 Å². The van der Waals surface area contributed by atoms with E-state index < -0.39 is 32.5 Å². The average molecular weight is 769 g/mol. The lowest BCUT2D eigenvalue weighted by Crippen LogP contribution is -2.29. The topological polar surface area (TPSA) is 132 Å². The molecule has 0 spiro atoms. The Labute approximate surface area is 323 Å². The van der Waals surface area contributed by atoms with E-state index in [0.717, 1.165) is 70.6 Å². The SMILES string of the molecule is CCCCC/C=C\C/C=C\CCCCCCCCCCCC(=O)O[C@H](COC(=O)CCCCCCC/C=C\CC1OC1CCCCC)COP(=O)(O)O. The van der Waals surface area contributed by atoms with E-state index in [4.69, 9.17) is 24.0 Å². The second kappa shape index (κ2) is 34.7. The fourth-order valence-corrected chi connectivity index (χ4v) is 6.59. The summed E-state index contributed by atoms with van der Waals surface area (Å²) in [6.07, 6.45) is 43.2. The second-order valence-electron chi connectivity index (χ2n) is 14.7. The molecule has 2 N–H and O–H groups in total. The van der Waals surface area contributed by atoms with E-state index in [1.165, 1.54) is 83.5 Å². The second-order valence-corrected chi connectivity index (χ2v) is 15.9. The normalized spacial score (nSPS) is 16.6. The average Bonchev–Trinajstić information content (AvgIpc) is 3.88. The lowest BCUT2D eigenvalue weighted by atomic mass is 10.1. The summed E-state index contributed by atoms with van der Waals surface area (Å²) in [5.41, 5.74) is 0. The molecule has 1 saturated heterocycles. The predicted molar refractivity (Wildman–Crippen MR) is 216 cm³/mol. The Morgan fingerprint density at radius 1 is 0.604 bits per heavy atom. The molecule has 0 aromatic heterocycles. The van der Waals surface area contributed by atoms with Crippen molar-refractivity contribution in [2.24, 2.45) is 0 Å². The van der Waals surface area contributed by atoms with Crippen molar-refractivity contribution in [1.29, 1.82) is 0 Å². The molecule has 1 fully saturated rings. The van der Waals surface area contributed by atoms with Crippen LogP contribution in [-0.4, -0.2) is 53.3 Å². The Morgan fingerprint density at radius 3 is 1.66 bits per heavy atom. The van der Waals surface area contributed by atoms with Gasteiger partial charge in [-0.05, 0) is 70.6 Å². The highest BCUT2D eigenvalue weighted by molar-refractivity contribution is 7.46. The predicted octanol–water partition coefficient (Wildman–Crippen LogP) is 11.9. The highest BCUT2D eigenvalue weighted by Crippen LogP contribution is 2.36. The molecule has 1 aliphatic rings. The van der Waals surface area contributed by atoms with Crippen LogP contribution in [0, 0.1) is 0 Å². The molecule has 0 aromatic rings. The molecule has 0 radical (unpaired) electrons. The lowest BCUT2D eigenvalue weighted by molar-refractivity contribution is -0.161. The van der Waals surface area contributed by atoms with Crippen molar-refractivity contribution in [3.05, 3.63) is 36.5 Å². The number of carbonyl (C=O) groups excluding carboxylic acids is 2. The van der Waals surface area contributed by atoms with E-state index in [9.17, 15) is 14.2 Å². The van der Waals surface area contributed by atoms with Crippen molar-refractivity contribution in [2.75, 3.05) is 13.2 Å². The summed E-state index contributed by atoms with van der Waals surface area (Å²) in [6.45, 7) is 3.62. The van der Waals surface area contributed by atoms with Gasteiger partial charge in [-0.2, -0.15) is 0 Å². The van der Waals surface area contributed by atoms with Crippen LogP contribution in [0.15, 0.2) is 36.5 Å². The van der Waals surface area contributed by atoms with Gasteiger partial charge in [-0.25, -0.2) is 4.57 Å². The minimum absolute atomic E-state index is 0.201. The van der Waals surface area contributed by atoms with Gasteiger partial charge in [-0.3, -0.25) is 14.1 Å². The number of esters is 2. The van der Waals surface area contributed by atoms with Crippen LogP contribution in [0.5, 0.6) is 0 Å². The van der Waals surface area contributed by atoms with Gasteiger partial charge >= 0.3 is 19.8 Å². The van der Waals surface area contributed by atoms with Crippen molar-refractivity contribution in [3.8, 4) is 0 Å². The molecule has 0 aliphatic carbocycles. The van der Waals surface area contributed by atoms with E-state index in [0.29, 0.717) is 25.0 Å². The largest absolute Gasteiger partial charge is 0.469 e. The summed E-state index contributed by atoms with van der Waals surface area (Å²) in [5, 5.41) is 0. The standard InChI is InChI=1S/C43H77O9P/c1-3-5-7-8-9-10-11-12-13-14-15-16-17-18-19-20-25-28-32-36-43(45)51-39(38-50-53(46,47)48)37-49-42(44)35-31-27-24-22-21-23-26-30-34-41-40(52-41)33-29-6-4-2/h9-10,12-13,26,30,39-41H,3-8,11,14-25,27-29,31-38H2,1-2H3,(H2,46,47,48)/b10-9-,13-12-,30-26-/t39-,40?,41?/m1/s1. The maximum Gasteiger partial charge on any atom is 0.469 e. The summed E-state index contributed by atoms with van der Waals surface area (Å²) in [7, 11) is -4.76. The number of phosphoric acid groups is 1. The minimum atomic E-state index is -4.76. The van der Waals surface area contributed by atoms with Crippen LogP contribution in [0.1, 0.15) is 194 Å². The monoisotopic (exact) mass is 769 g/mol. The number of rotatable bonds is 38. The minimum Gasteiger partial charge on any atom is -0.462 e. The van der Waals surface area contributed by atoms with Gasteiger partial charge in [0.2, 0.25) is 0 Å². The number of allylic oxidation sites excluding steroid dienone is 5. The Bertz CT molecular complexity index is 1020. The van der Waals surface area contributed by atoms with Crippen LogP contribution >= 0.6 is 7.82 Å². The maximum absolute atomic E-state index is 12.4. The number of hydrogen-bond acceptors (Lipinski definition) is 7. The Morgan fingerprint density at radius 2 is 1.09 bits per heavy atom. The Kier molecular flexibility index (Phi) is 32.2. The maximum atomic E-state index is 12.4. The van der Waals surface area contributed by atoms with Crippen molar-refractivity contribution in [2.45, 2.75) is 212 Å². The molecule has 0 saturated carbocycles. The van der Waals surface area contributed by atoms with Gasteiger partial charge in [0, 0.05) is 12.8 Å². The van der Waals surface area contributed by atoms with Crippen LogP contribution in [0.25, 0.3) is 0 Å². The number of carbonyl (C=O) groups is 2. The number of phosphoric ester groups is 1. The number of ether oxygens (including phenoxy) is 3. The number of unbranched alkanes of at least 4 members (excludes halogenated alkanes) is 19. The molecule has 0 amide bonds. The van der Waals surface area contributed by atoms with Gasteiger partial charge in [-0.1, -0.05) is 147 Å². The number of hydrogen-bond donors (Lipinski definition) is 2. The zero-order valence-corrected chi connectivity index (χ0v) is 34.5. The molecule has 2 unspecified atom stereocenters. The first-order valence-corrected chi connectivity index (χ1v) is 22.9. The molecular formula is C43H77O9P. The van der Waals surface area contributed by atoms with Gasteiger partial charge < -0.3 is 24.0 Å². The van der Waals surface area contributed by atoms with Crippen molar-refractivity contribution in [1.82, 2.24) is 0 Å². The molecule has 1 rings (SSSR count). The van der Waals surface area contributed by atoms with Crippen LogP contribution < -0.4 is 0 Å². The summed E-state index contributed by atoms with van der Waals surface area (Å²) in [4.78, 5) is 42.9. The Hall–Kier alpha value is -1.77. The van der Waals surface area contributed by atoms with Crippen LogP contribution in [-0.2, 0) is 32.9 Å². The molecule has 1 aliphatic heterocycles. The zero-order chi connectivity index (χ0) is 38.7. The number of epoxide rings is 1. The summed E-state index contributed by atoms with van der Waals surface area (Å²) in [5.74, 6) is -0.909. The van der Waals surface area contributed by atoms with E-state index in [2.05, 4.69) is 54.8 Å². The molecular weight excluding hydrogens is 691 g/mol. The summed E-state index contributed by atoms with van der Waals surface area (Å²) >= 11 is 0. The molecule has 10 heteroatoms. The third-order valence-corrected chi connectivity index (χ3v) is 10.0. The van der Waals surface area contributed by atoms with E-state index >= 15 is 0 Å². The third-order valence-electron chi connectivity index (χ3n) is 9.56. The first-order chi connectivity index (χ1) is 25.7. The van der Waals surface area contributed by atoms with Crippen molar-refractivity contribution >= 4 is 19.8 Å². The van der Waals surface area contributed by atoms with Crippen molar-refractivity contribution < 1.29 is 42.7 Å². The summed E-state index contributed by atoms with van der Waals surface area (Å²) < 4.78 is 32.1. The molecule has 0 aromatic carbocycles. The van der Waals surface area contributed by atoms with Crippen LogP contribution in [0.2, 0.25) is 0 Å². The summed E-state index contributed by atoms with van der Waals surface area (Å²) in [6, 6.07) is 0. The first kappa shape index (κ1) is 49.2. The smallest absolute Gasteiger partial charge is 0.462 e. The van der Waals surface area contributed by atoms with Gasteiger partial charge in [0.25, 0.3) is 0 Å². The van der Waals surface area contributed by atoms with Crippen LogP contribution in [0.4, 0.5) is 0 Å². The van der Waals surface area contributed by atoms with Gasteiger partial charge in [0.1, 0.15) is 6.61 Å². The molecule has 0 bridgehead atoms. The van der Waals surface area contributed by atoms with Gasteiger partial charge in [-0.15, -0.1) is 0 Å². The quantitative estimate of drug-likeness (QED) is 0.0207. The fraction of sp³-hybridized carbons (Fsp3) is 0.814. The third kappa shape index (κ3) is 34.5.